The number of hydrogen-bond donors (Lipinski definition) is 2. The fourth-order valence-electron chi connectivity index (χ4n) is 10.6. The number of aromatic hydroxyl groups is 1. The first-order valence-electron chi connectivity index (χ1n) is 20.4. The van der Waals surface area contributed by atoms with E-state index in [2.05, 4.69) is 12.1 Å². The zero-order valence-electron chi connectivity index (χ0n) is 34.2. The number of nitrogens with zero attached hydrogens (tertiary/aromatic N) is 3. The van der Waals surface area contributed by atoms with Crippen molar-refractivity contribution in [3.8, 4) is 39.9 Å². The maximum atomic E-state index is 15.6. The fourth-order valence-corrected chi connectivity index (χ4v) is 10.6. The molecule has 61 heavy (non-hydrogen) atoms. The Bertz CT molecular complexity index is 2560. The van der Waals surface area contributed by atoms with Crippen molar-refractivity contribution in [1.82, 2.24) is 14.7 Å². The van der Waals surface area contributed by atoms with Crippen molar-refractivity contribution in [2.24, 2.45) is 0 Å². The number of carbonyl (C=O) groups excluding carboxylic acids is 3. The van der Waals surface area contributed by atoms with E-state index in [1.54, 1.807) is 42.3 Å². The lowest BCUT2D eigenvalue weighted by atomic mass is 9.77. The SMILES string of the molecule is COc1cc2c(c3c1C[C@@H]([C@H]1c4c(cc(C)c(OC)c4O)C[C@@H](CO)N1C)N(C(=O)OCC1c4ccccc4-c4ccccc41)[C@H]3CN1C(=O)c3ccccc3C1=O)OCO2. The third-order valence-electron chi connectivity index (χ3n) is 13.3. The molecule has 2 N–H and O–H groups in total. The van der Waals surface area contributed by atoms with Crippen LogP contribution in [-0.2, 0) is 17.6 Å². The largest absolute Gasteiger partial charge is 0.504 e. The molecule has 5 aromatic carbocycles. The van der Waals surface area contributed by atoms with E-state index in [4.69, 9.17) is 23.7 Å². The average molecular weight is 824 g/mol. The molecule has 3 amide bonds. The summed E-state index contributed by atoms with van der Waals surface area (Å²) in [6.45, 7) is 1.29. The second kappa shape index (κ2) is 14.9. The van der Waals surface area contributed by atoms with Crippen LogP contribution in [0.4, 0.5) is 4.79 Å². The van der Waals surface area contributed by atoms with Crippen molar-refractivity contribution >= 4 is 17.9 Å². The Kier molecular flexibility index (Phi) is 9.41. The molecule has 0 unspecified atom stereocenters. The molecule has 0 aromatic heterocycles. The number of carbonyl (C=O) groups is 3. The molecule has 5 aromatic rings. The van der Waals surface area contributed by atoms with Crippen molar-refractivity contribution in [3.63, 3.8) is 0 Å². The lowest BCUT2D eigenvalue weighted by molar-refractivity contribution is -0.00285. The number of benzene rings is 5. The summed E-state index contributed by atoms with van der Waals surface area (Å²) in [5, 5.41) is 23.0. The molecule has 0 spiro atoms. The highest BCUT2D eigenvalue weighted by Gasteiger charge is 2.52. The van der Waals surface area contributed by atoms with Gasteiger partial charge in [-0.05, 0) is 72.3 Å². The molecule has 13 heteroatoms. The Morgan fingerprint density at radius 2 is 1.48 bits per heavy atom. The van der Waals surface area contributed by atoms with Crippen LogP contribution in [-0.4, -0.2) is 103 Å². The molecule has 4 aliphatic heterocycles. The van der Waals surface area contributed by atoms with E-state index in [0.29, 0.717) is 46.1 Å². The summed E-state index contributed by atoms with van der Waals surface area (Å²) in [5.74, 6) is 0.206. The summed E-state index contributed by atoms with van der Waals surface area (Å²) in [6.07, 6.45) is -0.110. The van der Waals surface area contributed by atoms with Crippen molar-refractivity contribution < 1.29 is 48.3 Å². The predicted octanol–water partition coefficient (Wildman–Crippen LogP) is 6.55. The highest BCUT2D eigenvalue weighted by molar-refractivity contribution is 6.21. The van der Waals surface area contributed by atoms with Gasteiger partial charge in [0, 0.05) is 34.7 Å². The monoisotopic (exact) mass is 823 g/mol. The topological polar surface area (TPSA) is 148 Å². The lowest BCUT2D eigenvalue weighted by Gasteiger charge is -2.51. The van der Waals surface area contributed by atoms with E-state index in [9.17, 15) is 19.8 Å². The number of fused-ring (bicyclic) bond motifs is 8. The van der Waals surface area contributed by atoms with Gasteiger partial charge in [-0.15, -0.1) is 0 Å². The highest BCUT2D eigenvalue weighted by atomic mass is 16.7. The Morgan fingerprint density at radius 1 is 0.836 bits per heavy atom. The van der Waals surface area contributed by atoms with Gasteiger partial charge in [-0.3, -0.25) is 24.3 Å². The molecule has 0 saturated carbocycles. The Morgan fingerprint density at radius 3 is 2.10 bits per heavy atom. The molecule has 0 radical (unpaired) electrons. The molecule has 4 heterocycles. The number of aliphatic hydroxyl groups excluding tert-OH is 1. The van der Waals surface area contributed by atoms with Gasteiger partial charge in [0.05, 0.1) is 56.6 Å². The summed E-state index contributed by atoms with van der Waals surface area (Å²) in [6, 6.07) is 23.5. The van der Waals surface area contributed by atoms with Gasteiger partial charge in [-0.2, -0.15) is 0 Å². The van der Waals surface area contributed by atoms with Crippen molar-refractivity contribution in [1.29, 1.82) is 0 Å². The maximum Gasteiger partial charge on any atom is 0.410 e. The van der Waals surface area contributed by atoms with Crippen LogP contribution in [0.3, 0.4) is 0 Å². The minimum atomic E-state index is -1.06. The van der Waals surface area contributed by atoms with Crippen LogP contribution in [0.25, 0.3) is 11.1 Å². The van der Waals surface area contributed by atoms with Crippen LogP contribution in [0.15, 0.2) is 84.9 Å². The van der Waals surface area contributed by atoms with E-state index >= 15 is 4.79 Å². The number of aryl methyl sites for hydroxylation is 1. The zero-order chi connectivity index (χ0) is 42.3. The summed E-state index contributed by atoms with van der Waals surface area (Å²) < 4.78 is 30.4. The molecule has 312 valence electrons. The molecule has 5 aliphatic rings. The standard InChI is InChI=1S/C48H45N3O10/c1-25-17-26-18-27(22-52)49(2)42(40(26)43(53)44(25)58-4)36-19-34-38(57-3)20-39-45(61-24-60-39)41(34)37(21-50-46(54)32-15-9-10-16-33(32)47(50)55)51(36)48(56)59-23-35-30-13-7-5-11-28(30)29-12-6-8-14-31(29)35/h5-17,20,27,35-37,42,52-53H,18-19,21-24H2,1-4H3/t27-,36-,37-,42-/m0/s1. The summed E-state index contributed by atoms with van der Waals surface area (Å²) in [7, 11) is 4.91. The van der Waals surface area contributed by atoms with Crippen LogP contribution >= 0.6 is 0 Å². The number of aliphatic hydroxyl groups is 1. The minimum absolute atomic E-state index is 0.00682. The second-order valence-electron chi connectivity index (χ2n) is 16.3. The third kappa shape index (κ3) is 5.85. The molecule has 4 atom stereocenters. The van der Waals surface area contributed by atoms with E-state index < -0.39 is 42.1 Å². The van der Waals surface area contributed by atoms with Crippen molar-refractivity contribution in [2.45, 2.75) is 49.9 Å². The highest BCUT2D eigenvalue weighted by Crippen LogP contribution is 2.55. The molecule has 0 saturated heterocycles. The second-order valence-corrected chi connectivity index (χ2v) is 16.3. The van der Waals surface area contributed by atoms with Gasteiger partial charge in [-0.25, -0.2) is 4.79 Å². The van der Waals surface area contributed by atoms with Gasteiger partial charge in [0.1, 0.15) is 12.4 Å². The van der Waals surface area contributed by atoms with E-state index in [1.165, 1.54) is 12.0 Å². The first-order valence-corrected chi connectivity index (χ1v) is 20.4. The number of phenolic OH excluding ortho intramolecular Hbond substituents is 1. The molecule has 1 aliphatic carbocycles. The van der Waals surface area contributed by atoms with Gasteiger partial charge >= 0.3 is 6.09 Å². The summed E-state index contributed by atoms with van der Waals surface area (Å²) >= 11 is 0. The maximum absolute atomic E-state index is 15.6. The summed E-state index contributed by atoms with van der Waals surface area (Å²) in [5.41, 5.74) is 8.01. The third-order valence-corrected chi connectivity index (χ3v) is 13.3. The fraction of sp³-hybridized carbons (Fsp3) is 0.312. The average Bonchev–Trinajstić information content (AvgIpc) is 3.95. The van der Waals surface area contributed by atoms with E-state index in [0.717, 1.165) is 33.4 Å². The molecule has 13 nitrogen and oxygen atoms in total. The quantitative estimate of drug-likeness (QED) is 0.164. The molecular formula is C48H45N3O10. The Labute approximate surface area is 352 Å². The number of phenols is 1. The Hall–Kier alpha value is -6.57. The van der Waals surface area contributed by atoms with Crippen LogP contribution in [0.1, 0.15) is 77.7 Å². The first kappa shape index (κ1) is 38.6. The van der Waals surface area contributed by atoms with Gasteiger partial charge < -0.3 is 33.9 Å². The van der Waals surface area contributed by atoms with Crippen LogP contribution in [0, 0.1) is 6.92 Å². The number of amides is 3. The van der Waals surface area contributed by atoms with Gasteiger partial charge in [0.2, 0.25) is 6.79 Å². The zero-order valence-corrected chi connectivity index (χ0v) is 34.2. The summed E-state index contributed by atoms with van der Waals surface area (Å²) in [4.78, 5) is 48.7. The molecular weight excluding hydrogens is 779 g/mol. The van der Waals surface area contributed by atoms with Crippen molar-refractivity contribution in [2.75, 3.05) is 47.8 Å². The van der Waals surface area contributed by atoms with Gasteiger partial charge in [-0.1, -0.05) is 66.7 Å². The van der Waals surface area contributed by atoms with Crippen LogP contribution in [0.2, 0.25) is 0 Å². The van der Waals surface area contributed by atoms with Crippen LogP contribution < -0.4 is 18.9 Å². The number of methoxy groups -OCH3 is 2. The van der Waals surface area contributed by atoms with Crippen molar-refractivity contribution in [3.05, 3.63) is 135 Å². The molecule has 0 fully saturated rings. The van der Waals surface area contributed by atoms with E-state index in [-0.39, 0.29) is 55.8 Å². The van der Waals surface area contributed by atoms with Gasteiger partial charge in [0.25, 0.3) is 11.8 Å². The molecule has 10 rings (SSSR count). The van der Waals surface area contributed by atoms with Crippen LogP contribution in [0.5, 0.6) is 28.7 Å². The normalized spacial score (nSPS) is 21.1. The lowest BCUT2D eigenvalue weighted by Crippen LogP contribution is -2.58. The van der Waals surface area contributed by atoms with Gasteiger partial charge in [0.15, 0.2) is 23.0 Å². The first-order chi connectivity index (χ1) is 29.6. The predicted molar refractivity (Wildman–Crippen MR) is 223 cm³/mol. The molecule has 0 bridgehead atoms. The minimum Gasteiger partial charge on any atom is -0.504 e. The number of hydrogen-bond acceptors (Lipinski definition) is 11. The number of likely N-dealkylation sites (N-methyl/N-ethyl adjacent to an activating group) is 1. The number of ether oxygens (including phenoxy) is 5. The Balaban J connectivity index is 1.16. The number of imide groups is 1. The smallest absolute Gasteiger partial charge is 0.410 e. The number of rotatable bonds is 8. The van der Waals surface area contributed by atoms with E-state index in [1.807, 2.05) is 61.3 Å².